The summed E-state index contributed by atoms with van der Waals surface area (Å²) in [5.41, 5.74) is 0.388. The Morgan fingerprint density at radius 3 is 2.59 bits per heavy atom. The number of carbonyl (C=O) groups is 2. The normalized spacial score (nSPS) is 17.9. The number of likely N-dealkylation sites (tertiary alicyclic amines) is 1. The van der Waals surface area contributed by atoms with E-state index >= 15 is 0 Å². The Hall–Kier alpha value is -2.72. The third-order valence-corrected chi connectivity index (χ3v) is 4.56. The predicted octanol–water partition coefficient (Wildman–Crippen LogP) is 0.326. The first-order chi connectivity index (χ1) is 13.0. The molecule has 0 radical (unpaired) electrons. The number of hydrogen-bond acceptors (Lipinski definition) is 8. The van der Waals surface area contributed by atoms with E-state index in [4.69, 9.17) is 4.74 Å². The van der Waals surface area contributed by atoms with Gasteiger partial charge < -0.3 is 19.6 Å². The molecule has 2 amide bonds. The Balaban J connectivity index is 1.57. The molecule has 0 aromatic heterocycles. The van der Waals surface area contributed by atoms with E-state index in [1.54, 1.807) is 6.07 Å². The summed E-state index contributed by atoms with van der Waals surface area (Å²) in [6.45, 7) is 1.97. The number of benzene rings is 1. The number of carbonyl (C=O) groups excluding carboxylic acids is 2. The van der Waals surface area contributed by atoms with E-state index in [1.807, 2.05) is 0 Å². The molecule has 0 bridgehead atoms. The highest BCUT2D eigenvalue weighted by atomic mass is 16.9. The molecule has 10 heteroatoms. The maximum absolute atomic E-state index is 12.4. The number of amides is 2. The highest BCUT2D eigenvalue weighted by Crippen LogP contribution is 2.27. The molecule has 3 rings (SSSR count). The van der Waals surface area contributed by atoms with Crippen LogP contribution < -0.4 is 4.74 Å². The SMILES string of the molecule is O=C1c2ccc(OCC(O)CN3CCCC3)cc2C(=O)N1CCO[N+](=O)[O-]. The van der Waals surface area contributed by atoms with Crippen LogP contribution in [0, 0.1) is 10.1 Å². The van der Waals surface area contributed by atoms with Crippen molar-refractivity contribution in [3.63, 3.8) is 0 Å². The summed E-state index contributed by atoms with van der Waals surface area (Å²) in [6.07, 6.45) is 1.62. The maximum Gasteiger partial charge on any atom is 0.294 e. The number of β-amino-alcohol motifs (C(OH)–C–C–N with tert-alkyl or cyclic N) is 1. The fourth-order valence-electron chi connectivity index (χ4n) is 3.28. The van der Waals surface area contributed by atoms with Crippen LogP contribution in [0.15, 0.2) is 18.2 Å². The van der Waals surface area contributed by atoms with Crippen LogP contribution in [0.3, 0.4) is 0 Å². The van der Waals surface area contributed by atoms with Crippen molar-refractivity contribution in [1.82, 2.24) is 9.80 Å². The summed E-state index contributed by atoms with van der Waals surface area (Å²) in [5, 5.41) is 19.3. The molecular weight excluding hydrogens is 358 g/mol. The van der Waals surface area contributed by atoms with Crippen molar-refractivity contribution in [3.8, 4) is 5.75 Å². The van der Waals surface area contributed by atoms with E-state index in [0.29, 0.717) is 12.3 Å². The fraction of sp³-hybridized carbons (Fsp3) is 0.529. The lowest BCUT2D eigenvalue weighted by Gasteiger charge is -2.19. The van der Waals surface area contributed by atoms with Crippen molar-refractivity contribution >= 4 is 11.8 Å². The van der Waals surface area contributed by atoms with Crippen LogP contribution in [0.2, 0.25) is 0 Å². The van der Waals surface area contributed by atoms with Crippen LogP contribution in [-0.2, 0) is 4.84 Å². The summed E-state index contributed by atoms with van der Waals surface area (Å²) in [5.74, 6) is -0.702. The van der Waals surface area contributed by atoms with Crippen molar-refractivity contribution in [2.75, 3.05) is 39.4 Å². The summed E-state index contributed by atoms with van der Waals surface area (Å²) < 4.78 is 5.56. The van der Waals surface area contributed by atoms with Gasteiger partial charge in [-0.25, -0.2) is 0 Å². The van der Waals surface area contributed by atoms with Gasteiger partial charge in [-0.15, -0.1) is 10.1 Å². The number of nitrogens with zero attached hydrogens (tertiary/aromatic N) is 3. The lowest BCUT2D eigenvalue weighted by molar-refractivity contribution is -0.757. The molecule has 1 unspecified atom stereocenters. The predicted molar refractivity (Wildman–Crippen MR) is 91.9 cm³/mol. The Morgan fingerprint density at radius 1 is 1.19 bits per heavy atom. The third-order valence-electron chi connectivity index (χ3n) is 4.56. The van der Waals surface area contributed by atoms with Crippen LogP contribution in [-0.4, -0.2) is 77.3 Å². The first kappa shape index (κ1) is 19.1. The zero-order chi connectivity index (χ0) is 19.4. The summed E-state index contributed by atoms with van der Waals surface area (Å²) in [7, 11) is 0. The van der Waals surface area contributed by atoms with Crippen LogP contribution in [0.4, 0.5) is 0 Å². The number of rotatable bonds is 9. The zero-order valence-electron chi connectivity index (χ0n) is 14.7. The van der Waals surface area contributed by atoms with Crippen LogP contribution >= 0.6 is 0 Å². The van der Waals surface area contributed by atoms with Crippen LogP contribution in [0.25, 0.3) is 0 Å². The van der Waals surface area contributed by atoms with E-state index in [0.717, 1.165) is 30.8 Å². The van der Waals surface area contributed by atoms with Gasteiger partial charge in [-0.3, -0.25) is 14.5 Å². The number of fused-ring (bicyclic) bond motifs is 1. The molecular formula is C17H21N3O7. The maximum atomic E-state index is 12.4. The van der Waals surface area contributed by atoms with Gasteiger partial charge >= 0.3 is 0 Å². The minimum absolute atomic E-state index is 0.0812. The molecule has 2 aliphatic rings. The molecule has 2 heterocycles. The molecule has 1 saturated heterocycles. The molecule has 146 valence electrons. The average Bonchev–Trinajstić information content (AvgIpc) is 3.22. The summed E-state index contributed by atoms with van der Waals surface area (Å²) in [4.78, 5) is 42.0. The highest BCUT2D eigenvalue weighted by Gasteiger charge is 2.35. The second kappa shape index (κ2) is 8.31. The van der Waals surface area contributed by atoms with E-state index in [9.17, 15) is 24.8 Å². The number of hydrogen-bond donors (Lipinski definition) is 1. The topological polar surface area (TPSA) is 122 Å². The number of imide groups is 1. The third kappa shape index (κ3) is 4.52. The quantitative estimate of drug-likeness (QED) is 0.370. The fourth-order valence-corrected chi connectivity index (χ4v) is 3.28. The van der Waals surface area contributed by atoms with Gasteiger partial charge in [0.05, 0.1) is 17.7 Å². The molecule has 0 aliphatic carbocycles. The first-order valence-corrected chi connectivity index (χ1v) is 8.76. The van der Waals surface area contributed by atoms with Crippen molar-refractivity contribution in [2.45, 2.75) is 18.9 Å². The number of aliphatic hydroxyl groups excluding tert-OH is 1. The van der Waals surface area contributed by atoms with Crippen LogP contribution in [0.5, 0.6) is 5.75 Å². The van der Waals surface area contributed by atoms with E-state index in [2.05, 4.69) is 9.74 Å². The van der Waals surface area contributed by atoms with Gasteiger partial charge in [0.2, 0.25) is 0 Å². The lowest BCUT2D eigenvalue weighted by Crippen LogP contribution is -2.33. The summed E-state index contributed by atoms with van der Waals surface area (Å²) in [6, 6.07) is 4.49. The largest absolute Gasteiger partial charge is 0.491 e. The average molecular weight is 379 g/mol. The second-order valence-corrected chi connectivity index (χ2v) is 6.50. The molecule has 0 saturated carbocycles. The van der Waals surface area contributed by atoms with E-state index < -0.39 is 23.0 Å². The van der Waals surface area contributed by atoms with E-state index in [1.165, 1.54) is 12.1 Å². The number of aliphatic hydroxyl groups is 1. The van der Waals surface area contributed by atoms with Gasteiger partial charge in [0, 0.05) is 6.54 Å². The molecule has 1 atom stereocenters. The smallest absolute Gasteiger partial charge is 0.294 e. The van der Waals surface area contributed by atoms with Gasteiger partial charge in [0.15, 0.2) is 0 Å². The Kier molecular flexibility index (Phi) is 5.87. The molecule has 1 N–H and O–H groups in total. The van der Waals surface area contributed by atoms with Gasteiger partial charge in [-0.1, -0.05) is 0 Å². The minimum Gasteiger partial charge on any atom is -0.491 e. The molecule has 1 fully saturated rings. The molecule has 0 spiro atoms. The molecule has 2 aliphatic heterocycles. The van der Waals surface area contributed by atoms with Crippen molar-refractivity contribution in [2.24, 2.45) is 0 Å². The van der Waals surface area contributed by atoms with Gasteiger partial charge in [0.1, 0.15) is 25.1 Å². The zero-order valence-corrected chi connectivity index (χ0v) is 14.7. The second-order valence-electron chi connectivity index (χ2n) is 6.50. The minimum atomic E-state index is -0.975. The Labute approximate surface area is 155 Å². The van der Waals surface area contributed by atoms with Crippen molar-refractivity contribution < 1.29 is 29.4 Å². The first-order valence-electron chi connectivity index (χ1n) is 8.76. The molecule has 27 heavy (non-hydrogen) atoms. The van der Waals surface area contributed by atoms with Gasteiger partial charge in [-0.2, -0.15) is 0 Å². The monoisotopic (exact) mass is 379 g/mol. The lowest BCUT2D eigenvalue weighted by atomic mass is 10.1. The van der Waals surface area contributed by atoms with E-state index in [-0.39, 0.29) is 30.9 Å². The molecule has 1 aromatic rings. The van der Waals surface area contributed by atoms with Gasteiger partial charge in [0.25, 0.3) is 16.9 Å². The van der Waals surface area contributed by atoms with Gasteiger partial charge in [-0.05, 0) is 44.1 Å². The number of ether oxygens (including phenoxy) is 1. The molecule has 1 aromatic carbocycles. The standard InChI is InChI=1S/C17H21N3O7/c21-12(10-18-5-1-2-6-18)11-26-13-3-4-14-15(9-13)17(23)19(16(14)22)7-8-27-20(24)25/h3-4,9,12,21H,1-2,5-8,10-11H2. The van der Waals surface area contributed by atoms with Crippen molar-refractivity contribution in [1.29, 1.82) is 0 Å². The Morgan fingerprint density at radius 2 is 1.89 bits per heavy atom. The highest BCUT2D eigenvalue weighted by molar-refractivity contribution is 6.21. The van der Waals surface area contributed by atoms with Crippen molar-refractivity contribution in [3.05, 3.63) is 39.4 Å². The van der Waals surface area contributed by atoms with Crippen LogP contribution in [0.1, 0.15) is 33.6 Å². The summed E-state index contributed by atoms with van der Waals surface area (Å²) >= 11 is 0. The molecule has 10 nitrogen and oxygen atoms in total. The Bertz CT molecular complexity index is 733.